The third kappa shape index (κ3) is 5.58. The Bertz CT molecular complexity index is 380. The number of carboxylic acids is 1. The summed E-state index contributed by atoms with van der Waals surface area (Å²) < 4.78 is 0. The molecule has 3 N–H and O–H groups in total. The number of carboxylic acid groups (broad SMARTS) is 1. The standard InChI is InChI=1S/C13H24N4O4/c1-3-4-14-11(18)9-15-13(21)17-7-5-16(6-8-17)10(2)12(19)20/h10H,3-9H2,1-2H3,(H,14,18)(H,15,21)(H,19,20). The summed E-state index contributed by atoms with van der Waals surface area (Å²) in [5, 5.41) is 14.2. The molecular formula is C13H24N4O4. The maximum absolute atomic E-state index is 11.9. The van der Waals surface area contributed by atoms with Gasteiger partial charge in [0, 0.05) is 32.7 Å². The zero-order valence-corrected chi connectivity index (χ0v) is 12.6. The Morgan fingerprint density at radius 2 is 1.76 bits per heavy atom. The van der Waals surface area contributed by atoms with Crippen molar-refractivity contribution >= 4 is 17.9 Å². The summed E-state index contributed by atoms with van der Waals surface area (Å²) in [6.45, 7) is 6.10. The molecule has 8 heteroatoms. The van der Waals surface area contributed by atoms with Gasteiger partial charge in [-0.3, -0.25) is 14.5 Å². The number of carbonyl (C=O) groups is 3. The number of nitrogens with one attached hydrogen (secondary N) is 2. The van der Waals surface area contributed by atoms with Gasteiger partial charge in [0.25, 0.3) is 0 Å². The van der Waals surface area contributed by atoms with E-state index >= 15 is 0 Å². The van der Waals surface area contributed by atoms with Gasteiger partial charge in [-0.2, -0.15) is 0 Å². The van der Waals surface area contributed by atoms with Crippen molar-refractivity contribution < 1.29 is 19.5 Å². The van der Waals surface area contributed by atoms with Crippen molar-refractivity contribution in [3.8, 4) is 0 Å². The van der Waals surface area contributed by atoms with Crippen LogP contribution in [0.5, 0.6) is 0 Å². The number of urea groups is 1. The molecule has 3 amide bonds. The Hall–Kier alpha value is -1.83. The molecule has 1 heterocycles. The first-order valence-corrected chi connectivity index (χ1v) is 7.22. The van der Waals surface area contributed by atoms with Gasteiger partial charge in [0.05, 0.1) is 6.54 Å². The number of hydrogen-bond donors (Lipinski definition) is 3. The Balaban J connectivity index is 2.29. The quantitative estimate of drug-likeness (QED) is 0.603. The minimum absolute atomic E-state index is 0.0371. The van der Waals surface area contributed by atoms with E-state index in [1.165, 1.54) is 0 Å². The van der Waals surface area contributed by atoms with Crippen LogP contribution in [-0.4, -0.2) is 78.1 Å². The summed E-state index contributed by atoms with van der Waals surface area (Å²) in [7, 11) is 0. The van der Waals surface area contributed by atoms with Crippen LogP contribution in [0, 0.1) is 0 Å². The highest BCUT2D eigenvalue weighted by atomic mass is 16.4. The van der Waals surface area contributed by atoms with Crippen molar-refractivity contribution in [3.63, 3.8) is 0 Å². The van der Waals surface area contributed by atoms with Gasteiger partial charge in [-0.15, -0.1) is 0 Å². The summed E-state index contributed by atoms with van der Waals surface area (Å²) in [6.07, 6.45) is 0.851. The Kier molecular flexibility index (Phi) is 6.93. The number of aliphatic carboxylic acids is 1. The monoisotopic (exact) mass is 300 g/mol. The molecule has 1 aliphatic heterocycles. The average Bonchev–Trinajstić information content (AvgIpc) is 2.49. The van der Waals surface area contributed by atoms with E-state index < -0.39 is 12.0 Å². The largest absolute Gasteiger partial charge is 0.480 e. The number of piperazine rings is 1. The molecular weight excluding hydrogens is 276 g/mol. The van der Waals surface area contributed by atoms with E-state index in [-0.39, 0.29) is 18.5 Å². The molecule has 120 valence electrons. The lowest BCUT2D eigenvalue weighted by Gasteiger charge is -2.36. The molecule has 0 aromatic rings. The molecule has 8 nitrogen and oxygen atoms in total. The molecule has 1 atom stereocenters. The zero-order chi connectivity index (χ0) is 15.8. The third-order valence-corrected chi connectivity index (χ3v) is 3.48. The molecule has 1 rings (SSSR count). The SMILES string of the molecule is CCCNC(=O)CNC(=O)N1CCN(C(C)C(=O)O)CC1. The van der Waals surface area contributed by atoms with Crippen LogP contribution >= 0.6 is 0 Å². The minimum atomic E-state index is -0.861. The zero-order valence-electron chi connectivity index (χ0n) is 12.6. The van der Waals surface area contributed by atoms with Crippen molar-refractivity contribution in [3.05, 3.63) is 0 Å². The molecule has 0 aromatic heterocycles. The maximum Gasteiger partial charge on any atom is 0.320 e. The van der Waals surface area contributed by atoms with Crippen LogP contribution in [0.4, 0.5) is 4.79 Å². The molecule has 1 saturated heterocycles. The first-order chi connectivity index (χ1) is 9.95. The van der Waals surface area contributed by atoms with Crippen molar-refractivity contribution in [2.45, 2.75) is 26.3 Å². The van der Waals surface area contributed by atoms with E-state index in [1.54, 1.807) is 11.8 Å². The summed E-state index contributed by atoms with van der Waals surface area (Å²) in [5.41, 5.74) is 0. The molecule has 1 fully saturated rings. The van der Waals surface area contributed by atoms with Gasteiger partial charge < -0.3 is 20.6 Å². The molecule has 1 aliphatic rings. The fraction of sp³-hybridized carbons (Fsp3) is 0.769. The highest BCUT2D eigenvalue weighted by molar-refractivity contribution is 5.84. The van der Waals surface area contributed by atoms with Crippen LogP contribution in [0.1, 0.15) is 20.3 Å². The van der Waals surface area contributed by atoms with Crippen molar-refractivity contribution in [2.24, 2.45) is 0 Å². The first-order valence-electron chi connectivity index (χ1n) is 7.22. The normalized spacial score (nSPS) is 17.1. The highest BCUT2D eigenvalue weighted by Gasteiger charge is 2.27. The molecule has 0 aliphatic carbocycles. The lowest BCUT2D eigenvalue weighted by Crippen LogP contribution is -2.55. The van der Waals surface area contributed by atoms with Gasteiger partial charge in [0.2, 0.25) is 5.91 Å². The first kappa shape index (κ1) is 17.2. The minimum Gasteiger partial charge on any atom is -0.480 e. The molecule has 21 heavy (non-hydrogen) atoms. The molecule has 0 saturated carbocycles. The predicted molar refractivity (Wildman–Crippen MR) is 76.9 cm³/mol. The Morgan fingerprint density at radius 1 is 1.14 bits per heavy atom. The van der Waals surface area contributed by atoms with E-state index in [1.807, 2.05) is 11.8 Å². The summed E-state index contributed by atoms with van der Waals surface area (Å²) in [6, 6.07) is -0.834. The van der Waals surface area contributed by atoms with E-state index in [2.05, 4.69) is 10.6 Å². The van der Waals surface area contributed by atoms with Gasteiger partial charge in [-0.25, -0.2) is 4.79 Å². The molecule has 0 bridgehead atoms. The maximum atomic E-state index is 11.9. The van der Waals surface area contributed by atoms with Crippen LogP contribution < -0.4 is 10.6 Å². The van der Waals surface area contributed by atoms with E-state index in [9.17, 15) is 14.4 Å². The number of amides is 3. The van der Waals surface area contributed by atoms with Crippen LogP contribution in [0.3, 0.4) is 0 Å². The number of rotatable bonds is 6. The molecule has 0 radical (unpaired) electrons. The summed E-state index contributed by atoms with van der Waals surface area (Å²) >= 11 is 0. The van der Waals surface area contributed by atoms with E-state index in [0.717, 1.165) is 6.42 Å². The Labute approximate surface area is 124 Å². The average molecular weight is 300 g/mol. The second-order valence-corrected chi connectivity index (χ2v) is 5.05. The van der Waals surface area contributed by atoms with Gasteiger partial charge in [-0.05, 0) is 13.3 Å². The fourth-order valence-electron chi connectivity index (χ4n) is 2.06. The fourth-order valence-corrected chi connectivity index (χ4v) is 2.06. The predicted octanol–water partition coefficient (Wildman–Crippen LogP) is -0.687. The van der Waals surface area contributed by atoms with Crippen molar-refractivity contribution in [2.75, 3.05) is 39.3 Å². The van der Waals surface area contributed by atoms with Gasteiger partial charge in [-0.1, -0.05) is 6.92 Å². The van der Waals surface area contributed by atoms with Gasteiger partial charge in [0.1, 0.15) is 6.04 Å². The van der Waals surface area contributed by atoms with Crippen molar-refractivity contribution in [1.29, 1.82) is 0 Å². The number of nitrogens with zero attached hydrogens (tertiary/aromatic N) is 2. The third-order valence-electron chi connectivity index (χ3n) is 3.48. The van der Waals surface area contributed by atoms with Crippen molar-refractivity contribution in [1.82, 2.24) is 20.4 Å². The van der Waals surface area contributed by atoms with Crippen LogP contribution in [-0.2, 0) is 9.59 Å². The van der Waals surface area contributed by atoms with Crippen LogP contribution in [0.25, 0.3) is 0 Å². The second-order valence-electron chi connectivity index (χ2n) is 5.05. The molecule has 0 spiro atoms. The lowest BCUT2D eigenvalue weighted by molar-refractivity contribution is -0.143. The number of carbonyl (C=O) groups excluding carboxylic acids is 2. The summed E-state index contributed by atoms with van der Waals surface area (Å²) in [4.78, 5) is 37.6. The van der Waals surface area contributed by atoms with Crippen LogP contribution in [0.15, 0.2) is 0 Å². The smallest absolute Gasteiger partial charge is 0.320 e. The molecule has 1 unspecified atom stereocenters. The molecule has 0 aromatic carbocycles. The lowest BCUT2D eigenvalue weighted by atomic mass is 10.2. The van der Waals surface area contributed by atoms with Crippen LogP contribution in [0.2, 0.25) is 0 Å². The second kappa shape index (κ2) is 8.46. The highest BCUT2D eigenvalue weighted by Crippen LogP contribution is 2.06. The van der Waals surface area contributed by atoms with E-state index in [4.69, 9.17) is 5.11 Å². The van der Waals surface area contributed by atoms with Gasteiger partial charge >= 0.3 is 12.0 Å². The number of hydrogen-bond acceptors (Lipinski definition) is 4. The van der Waals surface area contributed by atoms with E-state index in [0.29, 0.717) is 32.7 Å². The Morgan fingerprint density at radius 3 is 2.29 bits per heavy atom. The van der Waals surface area contributed by atoms with Gasteiger partial charge in [0.15, 0.2) is 0 Å². The topological polar surface area (TPSA) is 102 Å². The summed E-state index contributed by atoms with van der Waals surface area (Å²) in [5.74, 6) is -1.07.